The first kappa shape index (κ1) is 22.3. The summed E-state index contributed by atoms with van der Waals surface area (Å²) in [5.41, 5.74) is 1.88. The number of piperidine rings is 1. The maximum atomic E-state index is 13.4. The van der Waals surface area contributed by atoms with Gasteiger partial charge >= 0.3 is 5.69 Å². The molecule has 0 radical (unpaired) electrons. The van der Waals surface area contributed by atoms with Gasteiger partial charge in [-0.15, -0.1) is 0 Å². The second-order valence-corrected chi connectivity index (χ2v) is 8.48. The van der Waals surface area contributed by atoms with Gasteiger partial charge in [-0.05, 0) is 52.2 Å². The van der Waals surface area contributed by atoms with E-state index in [1.165, 1.54) is 9.47 Å². The molecule has 0 saturated carbocycles. The maximum absolute atomic E-state index is 13.4. The number of hydrogen-bond acceptors (Lipinski definition) is 5. The third-order valence-corrected chi connectivity index (χ3v) is 6.39. The largest absolute Gasteiger partial charge is 0.497 e. The molecule has 8 nitrogen and oxygen atoms in total. The summed E-state index contributed by atoms with van der Waals surface area (Å²) in [5, 5.41) is 0. The van der Waals surface area contributed by atoms with Crippen LogP contribution in [-0.2, 0) is 27.4 Å². The molecule has 168 valence electrons. The molecule has 0 N–H and O–H groups in total. The van der Waals surface area contributed by atoms with Crippen molar-refractivity contribution >= 4 is 38.8 Å². The predicted octanol–water partition coefficient (Wildman–Crippen LogP) is 3.11. The molecule has 0 bridgehead atoms. The molecule has 4 rings (SSSR count). The Labute approximate surface area is 193 Å². The predicted molar refractivity (Wildman–Crippen MR) is 123 cm³/mol. The van der Waals surface area contributed by atoms with E-state index in [-0.39, 0.29) is 36.9 Å². The summed E-state index contributed by atoms with van der Waals surface area (Å²) in [4.78, 5) is 40.7. The van der Waals surface area contributed by atoms with E-state index in [0.29, 0.717) is 29.9 Å². The number of halogens is 1. The molecule has 1 atom stereocenters. The number of rotatable bonds is 7. The Bertz CT molecular complexity index is 1210. The number of methoxy groups -OCH3 is 2. The zero-order valence-electron chi connectivity index (χ0n) is 17.9. The Kier molecular flexibility index (Phi) is 6.48. The molecule has 3 aromatic rings. The number of para-hydroxylation sites is 1. The van der Waals surface area contributed by atoms with Crippen LogP contribution in [0, 0.1) is 0 Å². The second kappa shape index (κ2) is 9.30. The number of imidazole rings is 1. The molecule has 1 aliphatic heterocycles. The lowest BCUT2D eigenvalue weighted by atomic mass is 10.0. The average Bonchev–Trinajstić information content (AvgIpc) is 3.08. The zero-order valence-corrected chi connectivity index (χ0v) is 19.5. The van der Waals surface area contributed by atoms with Crippen LogP contribution in [0.3, 0.4) is 0 Å². The van der Waals surface area contributed by atoms with E-state index in [9.17, 15) is 14.4 Å². The Balaban J connectivity index is 1.72. The van der Waals surface area contributed by atoms with Crippen LogP contribution in [0.15, 0.2) is 51.7 Å². The highest BCUT2D eigenvalue weighted by atomic mass is 79.9. The van der Waals surface area contributed by atoms with Crippen molar-refractivity contribution < 1.29 is 19.1 Å². The number of nitrogens with zero attached hydrogens (tertiary/aromatic N) is 3. The monoisotopic (exact) mass is 501 g/mol. The Hall–Kier alpha value is -2.91. The van der Waals surface area contributed by atoms with Crippen molar-refractivity contribution in [3.63, 3.8) is 0 Å². The van der Waals surface area contributed by atoms with Gasteiger partial charge in [-0.2, -0.15) is 0 Å². The minimum absolute atomic E-state index is 0.152. The van der Waals surface area contributed by atoms with Crippen LogP contribution < -0.4 is 10.4 Å². The van der Waals surface area contributed by atoms with E-state index in [1.807, 2.05) is 30.3 Å². The molecule has 0 spiro atoms. The standard InChI is InChI=1S/C23H24BrN3O5/c1-31-13-12-25-21-17(24)4-3-5-18(21)27(23(25)30)19-10-11-20(28)26(22(19)29)14-15-6-8-16(32-2)9-7-15/h3-9,19H,10-14H2,1-2H3. The van der Waals surface area contributed by atoms with Crippen LogP contribution in [0.25, 0.3) is 11.0 Å². The first-order chi connectivity index (χ1) is 15.5. The molecule has 2 heterocycles. The van der Waals surface area contributed by atoms with Gasteiger partial charge in [-0.1, -0.05) is 18.2 Å². The SMILES string of the molecule is COCCn1c(=O)n(C2CCC(=O)N(Cc3ccc(OC)cc3)C2=O)c2cccc(Br)c21. The van der Waals surface area contributed by atoms with E-state index in [2.05, 4.69) is 15.9 Å². The van der Waals surface area contributed by atoms with Crippen molar-refractivity contribution in [2.75, 3.05) is 20.8 Å². The molecule has 2 amide bonds. The van der Waals surface area contributed by atoms with Crippen LogP contribution in [0.2, 0.25) is 0 Å². The van der Waals surface area contributed by atoms with Crippen LogP contribution >= 0.6 is 15.9 Å². The van der Waals surface area contributed by atoms with Crippen LogP contribution in [0.1, 0.15) is 24.4 Å². The molecule has 32 heavy (non-hydrogen) atoms. The van der Waals surface area contributed by atoms with Crippen molar-refractivity contribution in [1.82, 2.24) is 14.0 Å². The lowest BCUT2D eigenvalue weighted by Gasteiger charge is -2.31. The summed E-state index contributed by atoms with van der Waals surface area (Å²) in [6, 6.07) is 12.0. The van der Waals surface area contributed by atoms with Crippen LogP contribution in [-0.4, -0.2) is 46.7 Å². The summed E-state index contributed by atoms with van der Waals surface area (Å²) >= 11 is 3.53. The highest BCUT2D eigenvalue weighted by Gasteiger charge is 2.37. The molecule has 9 heteroatoms. The van der Waals surface area contributed by atoms with Gasteiger partial charge in [-0.25, -0.2) is 4.79 Å². The number of imide groups is 1. The van der Waals surface area contributed by atoms with Crippen LogP contribution in [0.5, 0.6) is 5.75 Å². The number of hydrogen-bond donors (Lipinski definition) is 0. The van der Waals surface area contributed by atoms with Crippen molar-refractivity contribution in [1.29, 1.82) is 0 Å². The Morgan fingerprint density at radius 2 is 1.81 bits per heavy atom. The fourth-order valence-electron chi connectivity index (χ4n) is 4.13. The third kappa shape index (κ3) is 3.98. The lowest BCUT2D eigenvalue weighted by molar-refractivity contribution is -0.151. The third-order valence-electron chi connectivity index (χ3n) is 5.75. The van der Waals surface area contributed by atoms with Gasteiger partial charge in [0.25, 0.3) is 5.91 Å². The van der Waals surface area contributed by atoms with E-state index in [0.717, 1.165) is 10.0 Å². The number of carbonyl (C=O) groups excluding carboxylic acids is 2. The molecule has 1 unspecified atom stereocenters. The first-order valence-electron chi connectivity index (χ1n) is 10.3. The molecule has 1 saturated heterocycles. The van der Waals surface area contributed by atoms with E-state index in [1.54, 1.807) is 30.9 Å². The Morgan fingerprint density at radius 1 is 1.06 bits per heavy atom. The molecular formula is C23H24BrN3O5. The van der Waals surface area contributed by atoms with Crippen molar-refractivity contribution in [3.05, 3.63) is 63.0 Å². The second-order valence-electron chi connectivity index (χ2n) is 7.63. The highest BCUT2D eigenvalue weighted by Crippen LogP contribution is 2.30. The molecular weight excluding hydrogens is 478 g/mol. The molecule has 2 aromatic carbocycles. The minimum Gasteiger partial charge on any atom is -0.497 e. The zero-order chi connectivity index (χ0) is 22.8. The molecule has 0 aliphatic carbocycles. The summed E-state index contributed by atoms with van der Waals surface area (Å²) in [5.74, 6) is 0.0910. The fraction of sp³-hybridized carbons (Fsp3) is 0.348. The van der Waals surface area contributed by atoms with Gasteiger partial charge in [0.1, 0.15) is 11.8 Å². The number of ether oxygens (including phenoxy) is 2. The number of aromatic nitrogens is 2. The fourth-order valence-corrected chi connectivity index (χ4v) is 4.70. The van der Waals surface area contributed by atoms with Gasteiger partial charge in [0, 0.05) is 18.0 Å². The molecule has 1 fully saturated rings. The molecule has 1 aromatic heterocycles. The van der Waals surface area contributed by atoms with Crippen molar-refractivity contribution in [2.24, 2.45) is 0 Å². The highest BCUT2D eigenvalue weighted by molar-refractivity contribution is 9.10. The summed E-state index contributed by atoms with van der Waals surface area (Å²) in [6.07, 6.45) is 0.477. The van der Waals surface area contributed by atoms with Crippen LogP contribution in [0.4, 0.5) is 0 Å². The maximum Gasteiger partial charge on any atom is 0.329 e. The molecule has 1 aliphatic rings. The summed E-state index contributed by atoms with van der Waals surface area (Å²) in [6.45, 7) is 0.872. The quantitative estimate of drug-likeness (QED) is 0.464. The summed E-state index contributed by atoms with van der Waals surface area (Å²) < 4.78 is 14.2. The number of carbonyl (C=O) groups is 2. The average molecular weight is 502 g/mol. The van der Waals surface area contributed by atoms with E-state index < -0.39 is 6.04 Å². The normalized spacial score (nSPS) is 16.7. The van der Waals surface area contributed by atoms with Gasteiger partial charge in [-0.3, -0.25) is 23.6 Å². The van der Waals surface area contributed by atoms with Gasteiger partial charge in [0.2, 0.25) is 5.91 Å². The van der Waals surface area contributed by atoms with Crippen molar-refractivity contribution in [3.8, 4) is 5.75 Å². The van der Waals surface area contributed by atoms with E-state index in [4.69, 9.17) is 9.47 Å². The number of amides is 2. The number of benzene rings is 2. The first-order valence-corrected chi connectivity index (χ1v) is 11.1. The lowest BCUT2D eigenvalue weighted by Crippen LogP contribution is -2.47. The minimum atomic E-state index is -0.751. The number of fused-ring (bicyclic) bond motifs is 1. The topological polar surface area (TPSA) is 82.8 Å². The Morgan fingerprint density at radius 3 is 2.50 bits per heavy atom. The summed E-state index contributed by atoms with van der Waals surface area (Å²) in [7, 11) is 3.16. The van der Waals surface area contributed by atoms with Gasteiger partial charge in [0.05, 0.1) is 37.8 Å². The number of likely N-dealkylation sites (tertiary alicyclic amines) is 1. The van der Waals surface area contributed by atoms with E-state index >= 15 is 0 Å². The van der Waals surface area contributed by atoms with Crippen molar-refractivity contribution in [2.45, 2.75) is 32.0 Å². The smallest absolute Gasteiger partial charge is 0.329 e. The van der Waals surface area contributed by atoms with Gasteiger partial charge < -0.3 is 9.47 Å². The van der Waals surface area contributed by atoms with Gasteiger partial charge in [0.15, 0.2) is 0 Å².